The van der Waals surface area contributed by atoms with E-state index >= 15 is 0 Å². The molecule has 1 aliphatic heterocycles. The van der Waals surface area contributed by atoms with Crippen LogP contribution in [0.25, 0.3) is 17.1 Å². The fraction of sp³-hybridized carbons (Fsp3) is 0.400. The second-order valence-corrected chi connectivity index (χ2v) is 6.06. The van der Waals surface area contributed by atoms with E-state index in [1.165, 1.54) is 15.8 Å². The molecule has 0 bridgehead atoms. The number of rotatable bonds is 5. The summed E-state index contributed by atoms with van der Waals surface area (Å²) >= 11 is 0. The zero-order valence-corrected chi connectivity index (χ0v) is 14.1. The molecule has 0 aliphatic carbocycles. The molecule has 3 aromatic rings. The van der Waals surface area contributed by atoms with Gasteiger partial charge in [0.2, 0.25) is 6.41 Å². The maximum Gasteiger partial charge on any atom is 0.254 e. The number of fused-ring (bicyclic) bond motifs is 1. The van der Waals surface area contributed by atoms with E-state index < -0.39 is 0 Å². The topological polar surface area (TPSA) is 137 Å². The molecule has 3 N–H and O–H groups in total. The maximum absolute atomic E-state index is 10.9. The Morgan fingerprint density at radius 3 is 3.04 bits per heavy atom. The smallest absolute Gasteiger partial charge is 0.254 e. The number of anilines is 2. The molecule has 11 heteroatoms. The molecule has 1 fully saturated rings. The summed E-state index contributed by atoms with van der Waals surface area (Å²) < 4.78 is 9.03. The SMILES string of the molecule is CN(C=O)c1cnn(-c2nc(N)c3ncn([C@H]4CC[C@H](CO)O4)c3n2)c1. The van der Waals surface area contributed by atoms with Crippen molar-refractivity contribution in [3.63, 3.8) is 0 Å². The van der Waals surface area contributed by atoms with Gasteiger partial charge >= 0.3 is 0 Å². The summed E-state index contributed by atoms with van der Waals surface area (Å²) in [5.74, 6) is 0.486. The summed E-state index contributed by atoms with van der Waals surface area (Å²) in [7, 11) is 1.62. The van der Waals surface area contributed by atoms with Gasteiger partial charge < -0.3 is 20.5 Å². The van der Waals surface area contributed by atoms with E-state index in [0.717, 1.165) is 12.8 Å². The highest BCUT2D eigenvalue weighted by Gasteiger charge is 2.28. The number of amides is 1. The Morgan fingerprint density at radius 1 is 1.46 bits per heavy atom. The molecule has 26 heavy (non-hydrogen) atoms. The van der Waals surface area contributed by atoms with E-state index in [2.05, 4.69) is 20.1 Å². The van der Waals surface area contributed by atoms with Crippen molar-refractivity contribution in [1.82, 2.24) is 29.3 Å². The van der Waals surface area contributed by atoms with Crippen LogP contribution in [0.5, 0.6) is 0 Å². The lowest BCUT2D eigenvalue weighted by Crippen LogP contribution is -2.15. The van der Waals surface area contributed by atoms with Gasteiger partial charge in [0, 0.05) is 7.05 Å². The molecule has 136 valence electrons. The van der Waals surface area contributed by atoms with Gasteiger partial charge in [-0.2, -0.15) is 15.1 Å². The fourth-order valence-corrected chi connectivity index (χ4v) is 2.93. The first kappa shape index (κ1) is 16.4. The van der Waals surface area contributed by atoms with Gasteiger partial charge in [0.15, 0.2) is 11.5 Å². The van der Waals surface area contributed by atoms with Crippen LogP contribution < -0.4 is 10.6 Å². The second kappa shape index (κ2) is 6.35. The van der Waals surface area contributed by atoms with Crippen molar-refractivity contribution in [2.75, 3.05) is 24.3 Å². The van der Waals surface area contributed by atoms with Gasteiger partial charge in [-0.05, 0) is 12.8 Å². The molecule has 0 unspecified atom stereocenters. The molecule has 0 aromatic carbocycles. The number of carbonyl (C=O) groups excluding carboxylic acids is 1. The number of imidazole rings is 1. The Bertz CT molecular complexity index is 952. The van der Waals surface area contributed by atoms with Crippen molar-refractivity contribution in [2.45, 2.75) is 25.2 Å². The molecule has 3 aromatic heterocycles. The first-order valence-electron chi connectivity index (χ1n) is 8.10. The van der Waals surface area contributed by atoms with Crippen LogP contribution in [0.3, 0.4) is 0 Å². The molecule has 2 atom stereocenters. The molecule has 1 amide bonds. The quantitative estimate of drug-likeness (QED) is 0.601. The summed E-state index contributed by atoms with van der Waals surface area (Å²) in [6.07, 6.45) is 6.49. The van der Waals surface area contributed by atoms with Gasteiger partial charge in [-0.1, -0.05) is 0 Å². The van der Waals surface area contributed by atoms with Crippen molar-refractivity contribution < 1.29 is 14.6 Å². The number of hydrogen-bond donors (Lipinski definition) is 2. The van der Waals surface area contributed by atoms with Crippen LogP contribution in [-0.4, -0.2) is 60.6 Å². The first-order chi connectivity index (χ1) is 12.6. The average molecular weight is 358 g/mol. The van der Waals surface area contributed by atoms with Crippen molar-refractivity contribution >= 4 is 29.1 Å². The molecule has 0 saturated carbocycles. The lowest BCUT2D eigenvalue weighted by Gasteiger charge is -2.14. The third kappa shape index (κ3) is 2.66. The van der Waals surface area contributed by atoms with E-state index in [-0.39, 0.29) is 30.7 Å². The highest BCUT2D eigenvalue weighted by Crippen LogP contribution is 2.31. The summed E-state index contributed by atoms with van der Waals surface area (Å²) in [5, 5.41) is 13.4. The lowest BCUT2D eigenvalue weighted by molar-refractivity contribution is -0.107. The van der Waals surface area contributed by atoms with Gasteiger partial charge in [-0.15, -0.1) is 0 Å². The third-order valence-electron chi connectivity index (χ3n) is 4.37. The minimum absolute atomic E-state index is 0.0220. The van der Waals surface area contributed by atoms with Crippen molar-refractivity contribution in [3.8, 4) is 5.95 Å². The molecule has 11 nitrogen and oxygen atoms in total. The Morgan fingerprint density at radius 2 is 2.31 bits per heavy atom. The monoisotopic (exact) mass is 358 g/mol. The van der Waals surface area contributed by atoms with Crippen LogP contribution in [0, 0.1) is 0 Å². The van der Waals surface area contributed by atoms with E-state index in [1.54, 1.807) is 24.1 Å². The number of ether oxygens (including phenoxy) is 1. The van der Waals surface area contributed by atoms with Crippen LogP contribution in [0.1, 0.15) is 19.1 Å². The maximum atomic E-state index is 10.9. The van der Waals surface area contributed by atoms with E-state index in [4.69, 9.17) is 10.5 Å². The first-order valence-corrected chi connectivity index (χ1v) is 8.10. The zero-order valence-electron chi connectivity index (χ0n) is 14.1. The van der Waals surface area contributed by atoms with Crippen LogP contribution in [0.2, 0.25) is 0 Å². The van der Waals surface area contributed by atoms with Crippen LogP contribution in [0.4, 0.5) is 11.5 Å². The summed E-state index contributed by atoms with van der Waals surface area (Å²) in [6.45, 7) is -0.0220. The number of hydrogen-bond acceptors (Lipinski definition) is 8. The van der Waals surface area contributed by atoms with Crippen molar-refractivity contribution in [3.05, 3.63) is 18.7 Å². The molecule has 0 spiro atoms. The number of aliphatic hydroxyl groups excluding tert-OH is 1. The van der Waals surface area contributed by atoms with E-state index in [1.807, 2.05) is 0 Å². The molecular formula is C15H18N8O3. The summed E-state index contributed by atoms with van der Waals surface area (Å²) in [4.78, 5) is 25.3. The van der Waals surface area contributed by atoms with Crippen LogP contribution in [-0.2, 0) is 9.53 Å². The van der Waals surface area contributed by atoms with Crippen molar-refractivity contribution in [1.29, 1.82) is 0 Å². The zero-order chi connectivity index (χ0) is 18.3. The number of aliphatic hydroxyl groups is 1. The molecule has 4 rings (SSSR count). The highest BCUT2D eigenvalue weighted by atomic mass is 16.5. The summed E-state index contributed by atoms with van der Waals surface area (Å²) in [6, 6.07) is 0. The van der Waals surface area contributed by atoms with Gasteiger partial charge in [-0.3, -0.25) is 9.36 Å². The number of nitrogens with zero attached hydrogens (tertiary/aromatic N) is 7. The predicted molar refractivity (Wildman–Crippen MR) is 91.6 cm³/mol. The van der Waals surface area contributed by atoms with Gasteiger partial charge in [-0.25, -0.2) is 9.67 Å². The van der Waals surface area contributed by atoms with E-state index in [9.17, 15) is 9.90 Å². The van der Waals surface area contributed by atoms with Crippen molar-refractivity contribution in [2.24, 2.45) is 0 Å². The molecular weight excluding hydrogens is 340 g/mol. The van der Waals surface area contributed by atoms with Crippen LogP contribution in [0.15, 0.2) is 18.7 Å². The minimum atomic E-state index is -0.270. The van der Waals surface area contributed by atoms with Gasteiger partial charge in [0.05, 0.1) is 37.1 Å². The fourth-order valence-electron chi connectivity index (χ4n) is 2.93. The highest BCUT2D eigenvalue weighted by molar-refractivity contribution is 5.82. The summed E-state index contributed by atoms with van der Waals surface area (Å²) in [5.41, 5.74) is 7.63. The largest absolute Gasteiger partial charge is 0.394 e. The standard InChI is InChI=1S/C15H18N8O3/c1-21(8-25)9-4-18-23(5-9)15-19-13(16)12-14(20-15)22(7-17-12)11-3-2-10(6-24)26-11/h4-5,7-8,10-11,24H,2-3,6H2,1H3,(H2,16,19,20)/t10-,11-/m1/s1. The molecule has 4 heterocycles. The average Bonchev–Trinajstić information content (AvgIpc) is 3.38. The number of nitrogen functional groups attached to an aromatic ring is 1. The van der Waals surface area contributed by atoms with Crippen LogP contribution >= 0.6 is 0 Å². The molecule has 1 saturated heterocycles. The third-order valence-corrected chi connectivity index (χ3v) is 4.37. The Labute approximate surface area is 148 Å². The van der Waals surface area contributed by atoms with Gasteiger partial charge in [0.1, 0.15) is 11.7 Å². The Kier molecular flexibility index (Phi) is 4.01. The minimum Gasteiger partial charge on any atom is -0.394 e. The molecule has 1 aliphatic rings. The number of nitrogens with two attached hydrogens (primary N) is 1. The number of aromatic nitrogens is 6. The second-order valence-electron chi connectivity index (χ2n) is 6.06. The lowest BCUT2D eigenvalue weighted by atomic mass is 10.2. The Balaban J connectivity index is 1.74. The van der Waals surface area contributed by atoms with E-state index in [0.29, 0.717) is 23.3 Å². The van der Waals surface area contributed by atoms with Gasteiger partial charge in [0.25, 0.3) is 5.95 Å². The number of carbonyl (C=O) groups is 1. The normalized spacial score (nSPS) is 19.9. The predicted octanol–water partition coefficient (Wildman–Crippen LogP) is -0.143. The Hall–Kier alpha value is -3.05. The molecule has 0 radical (unpaired) electrons.